The van der Waals surface area contributed by atoms with Gasteiger partial charge in [-0.3, -0.25) is 4.68 Å². The number of aryl methyl sites for hydroxylation is 1. The van der Waals surface area contributed by atoms with Crippen LogP contribution in [-0.2, 0) is 7.05 Å². The van der Waals surface area contributed by atoms with Crippen molar-refractivity contribution in [1.82, 2.24) is 9.78 Å². The number of carboxylic acid groups (broad SMARTS) is 1. The number of hydrogen-bond donors (Lipinski definition) is 2. The van der Waals surface area contributed by atoms with Crippen LogP contribution >= 0.6 is 0 Å². The molecule has 0 aromatic carbocycles. The minimum Gasteiger partial charge on any atom is -0.476 e. The maximum absolute atomic E-state index is 11.0. The monoisotopic (exact) mass is 210 g/mol. The van der Waals surface area contributed by atoms with E-state index in [1.54, 1.807) is 7.05 Å². The van der Waals surface area contributed by atoms with Crippen molar-refractivity contribution in [2.75, 3.05) is 23.8 Å². The van der Waals surface area contributed by atoms with E-state index in [1.807, 2.05) is 18.9 Å². The number of nitrogens with one attached hydrogen (secondary N) is 1. The van der Waals surface area contributed by atoms with E-state index in [-0.39, 0.29) is 11.7 Å². The molecule has 0 fully saturated rings. The normalized spacial score (nSPS) is 19.7. The summed E-state index contributed by atoms with van der Waals surface area (Å²) in [4.78, 5) is 13.0. The number of carboxylic acids is 1. The summed E-state index contributed by atoms with van der Waals surface area (Å²) in [6, 6.07) is 0.227. The molecule has 1 atom stereocenters. The smallest absolute Gasteiger partial charge is 0.356 e. The van der Waals surface area contributed by atoms with Crippen LogP contribution in [0.1, 0.15) is 17.4 Å². The molecule has 0 unspecified atom stereocenters. The molecule has 1 aliphatic rings. The molecule has 1 aliphatic heterocycles. The van der Waals surface area contributed by atoms with Gasteiger partial charge < -0.3 is 15.3 Å². The Labute approximate surface area is 87.5 Å². The summed E-state index contributed by atoms with van der Waals surface area (Å²) >= 11 is 0. The quantitative estimate of drug-likeness (QED) is 0.700. The maximum Gasteiger partial charge on any atom is 0.356 e. The van der Waals surface area contributed by atoms with Gasteiger partial charge in [0.2, 0.25) is 0 Å². The van der Waals surface area contributed by atoms with Gasteiger partial charge in [-0.05, 0) is 6.92 Å². The molecule has 6 heteroatoms. The van der Waals surface area contributed by atoms with Crippen LogP contribution in [0.25, 0.3) is 0 Å². The molecule has 0 saturated carbocycles. The molecule has 1 aromatic heterocycles. The Hall–Kier alpha value is -1.72. The summed E-state index contributed by atoms with van der Waals surface area (Å²) in [6.45, 7) is 2.83. The Morgan fingerprint density at radius 3 is 2.87 bits per heavy atom. The van der Waals surface area contributed by atoms with E-state index in [4.69, 9.17) is 5.11 Å². The van der Waals surface area contributed by atoms with Gasteiger partial charge in [0, 0.05) is 26.7 Å². The van der Waals surface area contributed by atoms with Crippen molar-refractivity contribution in [1.29, 1.82) is 0 Å². The molecule has 0 aliphatic carbocycles. The van der Waals surface area contributed by atoms with Crippen molar-refractivity contribution in [3.63, 3.8) is 0 Å². The first-order valence-corrected chi connectivity index (χ1v) is 4.78. The van der Waals surface area contributed by atoms with E-state index in [0.29, 0.717) is 11.5 Å². The largest absolute Gasteiger partial charge is 0.476 e. The van der Waals surface area contributed by atoms with Crippen molar-refractivity contribution in [3.8, 4) is 0 Å². The zero-order chi connectivity index (χ0) is 11.2. The first-order chi connectivity index (χ1) is 7.00. The fraction of sp³-hybridized carbons (Fsp3) is 0.556. The Morgan fingerprint density at radius 1 is 1.60 bits per heavy atom. The summed E-state index contributed by atoms with van der Waals surface area (Å²) in [5.41, 5.74) is 0.828. The molecular weight excluding hydrogens is 196 g/mol. The lowest BCUT2D eigenvalue weighted by Crippen LogP contribution is -2.37. The summed E-state index contributed by atoms with van der Waals surface area (Å²) in [7, 11) is 3.55. The second kappa shape index (κ2) is 3.15. The van der Waals surface area contributed by atoms with Crippen LogP contribution < -0.4 is 10.2 Å². The van der Waals surface area contributed by atoms with E-state index in [9.17, 15) is 4.79 Å². The third kappa shape index (κ3) is 1.42. The Balaban J connectivity index is 2.56. The second-order valence-corrected chi connectivity index (χ2v) is 3.90. The number of anilines is 2. The van der Waals surface area contributed by atoms with Gasteiger partial charge in [0.1, 0.15) is 5.69 Å². The first kappa shape index (κ1) is 9.82. The highest BCUT2D eigenvalue weighted by Gasteiger charge is 2.28. The molecule has 0 radical (unpaired) electrons. The lowest BCUT2D eigenvalue weighted by Gasteiger charge is -2.29. The lowest BCUT2D eigenvalue weighted by molar-refractivity contribution is 0.0686. The number of aromatic carboxylic acids is 1. The number of rotatable bonds is 1. The predicted octanol–water partition coefficient (Wildman–Crippen LogP) is 0.368. The van der Waals surface area contributed by atoms with Crippen molar-refractivity contribution in [3.05, 3.63) is 5.69 Å². The molecule has 15 heavy (non-hydrogen) atoms. The second-order valence-electron chi connectivity index (χ2n) is 3.90. The maximum atomic E-state index is 11.0. The predicted molar refractivity (Wildman–Crippen MR) is 56.5 cm³/mol. The highest BCUT2D eigenvalue weighted by molar-refractivity contribution is 5.96. The van der Waals surface area contributed by atoms with Crippen molar-refractivity contribution >= 4 is 17.5 Å². The van der Waals surface area contributed by atoms with Crippen LogP contribution in [0.15, 0.2) is 0 Å². The average molecular weight is 210 g/mol. The zero-order valence-electron chi connectivity index (χ0n) is 8.98. The van der Waals surface area contributed by atoms with Gasteiger partial charge in [-0.2, -0.15) is 5.10 Å². The Kier molecular flexibility index (Phi) is 2.06. The van der Waals surface area contributed by atoms with Crippen LogP contribution in [0.3, 0.4) is 0 Å². The van der Waals surface area contributed by atoms with Gasteiger partial charge in [-0.15, -0.1) is 0 Å². The van der Waals surface area contributed by atoms with Gasteiger partial charge in [0.05, 0.1) is 0 Å². The molecule has 2 N–H and O–H groups in total. The van der Waals surface area contributed by atoms with Crippen LogP contribution in [-0.4, -0.2) is 40.5 Å². The molecule has 0 saturated heterocycles. The topological polar surface area (TPSA) is 70.4 Å². The number of hydrogen-bond acceptors (Lipinski definition) is 4. The number of nitrogens with zero attached hydrogens (tertiary/aromatic N) is 3. The van der Waals surface area contributed by atoms with Crippen LogP contribution in [0.4, 0.5) is 11.5 Å². The number of likely N-dealkylation sites (N-methyl/N-ethyl adjacent to an activating group) is 1. The van der Waals surface area contributed by atoms with Crippen LogP contribution in [0.2, 0.25) is 0 Å². The molecule has 2 rings (SSSR count). The number of fused-ring (bicyclic) bond motifs is 1. The van der Waals surface area contributed by atoms with E-state index in [0.717, 1.165) is 6.54 Å². The van der Waals surface area contributed by atoms with Crippen molar-refractivity contribution < 1.29 is 9.90 Å². The van der Waals surface area contributed by atoms with Crippen LogP contribution in [0, 0.1) is 0 Å². The molecule has 0 amide bonds. The molecule has 1 aromatic rings. The van der Waals surface area contributed by atoms with Gasteiger partial charge >= 0.3 is 5.97 Å². The molecule has 0 spiro atoms. The molecule has 82 valence electrons. The summed E-state index contributed by atoms with van der Waals surface area (Å²) in [5, 5.41) is 16.4. The highest BCUT2D eigenvalue weighted by atomic mass is 16.4. The minimum atomic E-state index is -0.957. The molecule has 2 heterocycles. The summed E-state index contributed by atoms with van der Waals surface area (Å²) in [5.74, 6) is -0.255. The molecule has 0 bridgehead atoms. The van der Waals surface area contributed by atoms with Crippen molar-refractivity contribution in [2.24, 2.45) is 7.05 Å². The van der Waals surface area contributed by atoms with E-state index in [1.165, 1.54) is 4.68 Å². The van der Waals surface area contributed by atoms with Crippen LogP contribution in [0.5, 0.6) is 0 Å². The zero-order valence-corrected chi connectivity index (χ0v) is 8.98. The first-order valence-electron chi connectivity index (χ1n) is 4.78. The van der Waals surface area contributed by atoms with E-state index >= 15 is 0 Å². The fourth-order valence-corrected chi connectivity index (χ4v) is 1.94. The highest BCUT2D eigenvalue weighted by Crippen LogP contribution is 2.31. The summed E-state index contributed by atoms with van der Waals surface area (Å²) in [6.07, 6.45) is 0. The molecule has 6 nitrogen and oxygen atoms in total. The lowest BCUT2D eigenvalue weighted by atomic mass is 10.2. The van der Waals surface area contributed by atoms with Gasteiger partial charge in [-0.25, -0.2) is 4.79 Å². The number of carbonyl (C=O) groups is 1. The van der Waals surface area contributed by atoms with Gasteiger partial charge in [0.15, 0.2) is 11.5 Å². The minimum absolute atomic E-state index is 0.211. The van der Waals surface area contributed by atoms with Gasteiger partial charge in [-0.1, -0.05) is 0 Å². The standard InChI is InChI=1S/C9H14N4O2/c1-5-4-12(2)8-6(10-5)7(9(14)15)13(3)11-8/h5,10H,4H2,1-3H3,(H,14,15)/t5-/m0/s1. The summed E-state index contributed by atoms with van der Waals surface area (Å²) < 4.78 is 1.40. The third-order valence-electron chi connectivity index (χ3n) is 2.53. The molecular formula is C9H14N4O2. The van der Waals surface area contributed by atoms with E-state index in [2.05, 4.69) is 10.4 Å². The SMILES string of the molecule is C[C@H]1CN(C)c2nn(C)c(C(=O)O)c2N1. The third-order valence-corrected chi connectivity index (χ3v) is 2.53. The Bertz CT molecular complexity index is 412. The fourth-order valence-electron chi connectivity index (χ4n) is 1.94. The van der Waals surface area contributed by atoms with Crippen molar-refractivity contribution in [2.45, 2.75) is 13.0 Å². The van der Waals surface area contributed by atoms with E-state index < -0.39 is 5.97 Å². The van der Waals surface area contributed by atoms with Gasteiger partial charge in [0.25, 0.3) is 0 Å². The number of aromatic nitrogens is 2. The Morgan fingerprint density at radius 2 is 2.27 bits per heavy atom. The average Bonchev–Trinajstić information content (AvgIpc) is 2.41.